The standard InChI is InChI=1S/C17H13ClN4O/c1-9-16(10(2)23)15-7-13(11-3-5-12(18)6-4-11)14(8-19)17(20)22(15)21-9/h3-7H,20H2,1-2H3. The smallest absolute Gasteiger partial charge is 0.163 e. The number of carbonyl (C=O) groups is 1. The zero-order valence-electron chi connectivity index (χ0n) is 12.6. The number of benzene rings is 1. The Bertz CT molecular complexity index is 981. The van der Waals surface area contributed by atoms with Gasteiger partial charge in [0.2, 0.25) is 0 Å². The lowest BCUT2D eigenvalue weighted by Crippen LogP contribution is -2.04. The molecule has 2 aromatic heterocycles. The van der Waals surface area contributed by atoms with E-state index in [0.717, 1.165) is 5.56 Å². The molecule has 0 fully saturated rings. The largest absolute Gasteiger partial charge is 0.383 e. The second-order valence-corrected chi connectivity index (χ2v) is 5.69. The highest BCUT2D eigenvalue weighted by molar-refractivity contribution is 6.30. The van der Waals surface area contributed by atoms with Crippen LogP contribution in [0.15, 0.2) is 30.3 Å². The lowest BCUT2D eigenvalue weighted by Gasteiger charge is -2.10. The van der Waals surface area contributed by atoms with E-state index in [2.05, 4.69) is 11.2 Å². The number of aromatic nitrogens is 2. The van der Waals surface area contributed by atoms with Crippen LogP contribution < -0.4 is 5.73 Å². The fraction of sp³-hybridized carbons (Fsp3) is 0.118. The molecule has 114 valence electrons. The molecule has 6 heteroatoms. The molecule has 2 heterocycles. The van der Waals surface area contributed by atoms with Crippen LogP contribution in [0.2, 0.25) is 5.02 Å². The molecule has 0 aliphatic carbocycles. The number of fused-ring (bicyclic) bond motifs is 1. The summed E-state index contributed by atoms with van der Waals surface area (Å²) in [6.07, 6.45) is 0. The molecule has 0 saturated carbocycles. The number of Topliss-reactive ketones (excluding diaryl/α,β-unsaturated/α-hetero) is 1. The van der Waals surface area contributed by atoms with Crippen LogP contribution in [0.5, 0.6) is 0 Å². The van der Waals surface area contributed by atoms with Gasteiger partial charge in [-0.3, -0.25) is 4.79 Å². The van der Waals surface area contributed by atoms with Gasteiger partial charge in [-0.05, 0) is 37.6 Å². The summed E-state index contributed by atoms with van der Waals surface area (Å²) < 4.78 is 1.45. The minimum atomic E-state index is -0.0938. The number of carbonyl (C=O) groups excluding carboxylic acids is 1. The Morgan fingerprint density at radius 2 is 2.00 bits per heavy atom. The van der Waals surface area contributed by atoms with Gasteiger partial charge in [0, 0.05) is 10.6 Å². The Kier molecular flexibility index (Phi) is 3.55. The molecule has 5 nitrogen and oxygen atoms in total. The van der Waals surface area contributed by atoms with E-state index in [1.165, 1.54) is 11.4 Å². The number of nitrogens with two attached hydrogens (primary N) is 1. The van der Waals surface area contributed by atoms with E-state index in [0.29, 0.717) is 32.9 Å². The SMILES string of the molecule is CC(=O)c1c(C)nn2c(N)c(C#N)c(-c3ccc(Cl)cc3)cc12. The van der Waals surface area contributed by atoms with E-state index >= 15 is 0 Å². The van der Waals surface area contributed by atoms with Crippen molar-refractivity contribution < 1.29 is 4.79 Å². The minimum Gasteiger partial charge on any atom is -0.383 e. The van der Waals surface area contributed by atoms with Crippen molar-refractivity contribution in [3.63, 3.8) is 0 Å². The Labute approximate surface area is 137 Å². The van der Waals surface area contributed by atoms with E-state index in [1.807, 2.05) is 12.1 Å². The average Bonchev–Trinajstić information content (AvgIpc) is 2.84. The number of anilines is 1. The van der Waals surface area contributed by atoms with Crippen LogP contribution in [-0.4, -0.2) is 15.4 Å². The van der Waals surface area contributed by atoms with Crippen molar-refractivity contribution in [2.24, 2.45) is 0 Å². The van der Waals surface area contributed by atoms with Crippen LogP contribution >= 0.6 is 11.6 Å². The third kappa shape index (κ3) is 2.33. The zero-order valence-corrected chi connectivity index (χ0v) is 13.3. The molecule has 0 spiro atoms. The normalized spacial score (nSPS) is 10.7. The molecule has 0 saturated heterocycles. The first-order chi connectivity index (χ1) is 10.9. The number of nitriles is 1. The van der Waals surface area contributed by atoms with Crippen molar-refractivity contribution in [3.8, 4) is 17.2 Å². The summed E-state index contributed by atoms with van der Waals surface area (Å²) in [5.41, 5.74) is 9.58. The lowest BCUT2D eigenvalue weighted by molar-refractivity contribution is 0.101. The Hall–Kier alpha value is -2.84. The van der Waals surface area contributed by atoms with Crippen molar-refractivity contribution in [3.05, 3.63) is 52.2 Å². The van der Waals surface area contributed by atoms with Crippen LogP contribution in [0.4, 0.5) is 5.82 Å². The molecular weight excluding hydrogens is 312 g/mol. The van der Waals surface area contributed by atoms with Gasteiger partial charge in [-0.25, -0.2) is 4.52 Å². The fourth-order valence-corrected chi connectivity index (χ4v) is 2.85. The van der Waals surface area contributed by atoms with Gasteiger partial charge in [-0.1, -0.05) is 23.7 Å². The molecule has 23 heavy (non-hydrogen) atoms. The summed E-state index contributed by atoms with van der Waals surface area (Å²) in [5, 5.41) is 14.4. The fourth-order valence-electron chi connectivity index (χ4n) is 2.72. The van der Waals surface area contributed by atoms with Crippen molar-refractivity contribution in [1.29, 1.82) is 5.26 Å². The maximum absolute atomic E-state index is 11.9. The second kappa shape index (κ2) is 5.41. The molecule has 0 radical (unpaired) electrons. The summed E-state index contributed by atoms with van der Waals surface area (Å²) in [6.45, 7) is 3.23. The molecular formula is C17H13ClN4O. The first-order valence-electron chi connectivity index (χ1n) is 6.92. The molecule has 0 atom stereocenters. The first kappa shape index (κ1) is 15.1. The number of pyridine rings is 1. The molecule has 0 aliphatic heterocycles. The summed E-state index contributed by atoms with van der Waals surface area (Å²) in [4.78, 5) is 11.9. The summed E-state index contributed by atoms with van der Waals surface area (Å²) >= 11 is 5.92. The van der Waals surface area contributed by atoms with Gasteiger partial charge in [-0.15, -0.1) is 0 Å². The number of nitrogens with zero attached hydrogens (tertiary/aromatic N) is 3. The highest BCUT2D eigenvalue weighted by Gasteiger charge is 2.20. The van der Waals surface area contributed by atoms with E-state index in [-0.39, 0.29) is 11.6 Å². The van der Waals surface area contributed by atoms with E-state index < -0.39 is 0 Å². The third-order valence-corrected chi connectivity index (χ3v) is 4.00. The predicted octanol–water partition coefficient (Wildman–Crippen LogP) is 3.62. The van der Waals surface area contributed by atoms with Gasteiger partial charge in [-0.2, -0.15) is 10.4 Å². The van der Waals surface area contributed by atoms with Crippen LogP contribution in [0, 0.1) is 18.3 Å². The molecule has 0 aliphatic rings. The van der Waals surface area contributed by atoms with E-state index in [1.54, 1.807) is 25.1 Å². The average molecular weight is 325 g/mol. The van der Waals surface area contributed by atoms with Crippen LogP contribution in [-0.2, 0) is 0 Å². The number of hydrogen-bond donors (Lipinski definition) is 1. The monoisotopic (exact) mass is 324 g/mol. The zero-order chi connectivity index (χ0) is 16.7. The van der Waals surface area contributed by atoms with Gasteiger partial charge < -0.3 is 5.73 Å². The van der Waals surface area contributed by atoms with Crippen molar-refractivity contribution in [2.75, 3.05) is 5.73 Å². The first-order valence-corrected chi connectivity index (χ1v) is 7.30. The number of rotatable bonds is 2. The number of ketones is 1. The van der Waals surface area contributed by atoms with Gasteiger partial charge in [0.05, 0.1) is 16.8 Å². The maximum atomic E-state index is 11.9. The number of hydrogen-bond acceptors (Lipinski definition) is 4. The van der Waals surface area contributed by atoms with Crippen molar-refractivity contribution >= 4 is 28.7 Å². The molecule has 1 aromatic carbocycles. The van der Waals surface area contributed by atoms with Gasteiger partial charge in [0.25, 0.3) is 0 Å². The van der Waals surface area contributed by atoms with Crippen molar-refractivity contribution in [1.82, 2.24) is 9.61 Å². The van der Waals surface area contributed by atoms with Crippen LogP contribution in [0.25, 0.3) is 16.6 Å². The quantitative estimate of drug-likeness (QED) is 0.730. The summed E-state index contributed by atoms with van der Waals surface area (Å²) in [7, 11) is 0. The van der Waals surface area contributed by atoms with Gasteiger partial charge in [0.15, 0.2) is 5.78 Å². The van der Waals surface area contributed by atoms with E-state index in [4.69, 9.17) is 17.3 Å². The number of nitrogen functional groups attached to an aromatic ring is 1. The molecule has 0 amide bonds. The topological polar surface area (TPSA) is 84.2 Å². The van der Waals surface area contributed by atoms with Crippen LogP contribution in [0.1, 0.15) is 28.5 Å². The second-order valence-electron chi connectivity index (χ2n) is 5.25. The summed E-state index contributed by atoms with van der Waals surface area (Å²) in [5.74, 6) is 0.120. The number of aryl methyl sites for hydroxylation is 1. The van der Waals surface area contributed by atoms with Crippen LogP contribution in [0.3, 0.4) is 0 Å². The Balaban J connectivity index is 2.42. The predicted molar refractivity (Wildman–Crippen MR) is 89.5 cm³/mol. The maximum Gasteiger partial charge on any atom is 0.163 e. The molecule has 2 N–H and O–H groups in total. The van der Waals surface area contributed by atoms with Gasteiger partial charge >= 0.3 is 0 Å². The van der Waals surface area contributed by atoms with Crippen molar-refractivity contribution in [2.45, 2.75) is 13.8 Å². The molecule has 0 unspecified atom stereocenters. The highest BCUT2D eigenvalue weighted by Crippen LogP contribution is 2.32. The minimum absolute atomic E-state index is 0.0938. The Morgan fingerprint density at radius 1 is 1.35 bits per heavy atom. The number of halogens is 1. The molecule has 0 bridgehead atoms. The molecule has 3 aromatic rings. The molecule has 3 rings (SSSR count). The van der Waals surface area contributed by atoms with Gasteiger partial charge in [0.1, 0.15) is 17.5 Å². The highest BCUT2D eigenvalue weighted by atomic mass is 35.5. The van der Waals surface area contributed by atoms with E-state index in [9.17, 15) is 10.1 Å². The lowest BCUT2D eigenvalue weighted by atomic mass is 9.99. The third-order valence-electron chi connectivity index (χ3n) is 3.75. The Morgan fingerprint density at radius 3 is 2.57 bits per heavy atom. The summed E-state index contributed by atoms with van der Waals surface area (Å²) in [6, 6.07) is 11.0.